The number of anilines is 2. The van der Waals surface area contributed by atoms with E-state index >= 15 is 0 Å². The Balaban J connectivity index is 2.44. The highest BCUT2D eigenvalue weighted by Crippen LogP contribution is 2.26. The van der Waals surface area contributed by atoms with Gasteiger partial charge in [0.25, 0.3) is 0 Å². The average Bonchev–Trinajstić information content (AvgIpc) is 2.33. The van der Waals surface area contributed by atoms with E-state index in [1.807, 2.05) is 12.1 Å². The van der Waals surface area contributed by atoms with Crippen LogP contribution in [0.25, 0.3) is 0 Å². The van der Waals surface area contributed by atoms with E-state index in [0.29, 0.717) is 5.82 Å². The van der Waals surface area contributed by atoms with E-state index in [0.717, 1.165) is 12.2 Å². The number of halogens is 1. The molecule has 0 bridgehead atoms. The number of aryl methyl sites for hydroxylation is 1. The van der Waals surface area contributed by atoms with Crippen LogP contribution in [0.1, 0.15) is 12.5 Å². The first kappa shape index (κ1) is 11.8. The Morgan fingerprint density at radius 3 is 2.71 bits per heavy atom. The SMILES string of the molecule is CCN(c1cnnc(Cl)n1)c1ccccc1C. The number of aromatic nitrogens is 3. The Morgan fingerprint density at radius 1 is 1.29 bits per heavy atom. The third-order valence-electron chi connectivity index (χ3n) is 2.52. The molecule has 0 N–H and O–H groups in total. The molecule has 0 spiro atoms. The van der Waals surface area contributed by atoms with E-state index in [1.54, 1.807) is 6.20 Å². The molecule has 0 unspecified atom stereocenters. The largest absolute Gasteiger partial charge is 0.325 e. The average molecular weight is 249 g/mol. The summed E-state index contributed by atoms with van der Waals surface area (Å²) in [5.41, 5.74) is 2.29. The molecule has 1 aromatic carbocycles. The zero-order valence-electron chi connectivity index (χ0n) is 9.76. The minimum Gasteiger partial charge on any atom is -0.325 e. The molecule has 2 aromatic rings. The molecule has 0 fully saturated rings. The molecule has 0 aliphatic heterocycles. The van der Waals surface area contributed by atoms with Crippen LogP contribution >= 0.6 is 11.6 Å². The summed E-state index contributed by atoms with van der Waals surface area (Å²) in [6.45, 7) is 4.91. The van der Waals surface area contributed by atoms with Crippen molar-refractivity contribution in [2.24, 2.45) is 0 Å². The summed E-state index contributed by atoms with van der Waals surface area (Å²) in [6, 6.07) is 8.13. The molecule has 0 saturated heterocycles. The first-order valence-electron chi connectivity index (χ1n) is 5.40. The first-order valence-corrected chi connectivity index (χ1v) is 5.78. The molecule has 0 aliphatic rings. The highest BCUT2D eigenvalue weighted by Gasteiger charge is 2.11. The van der Waals surface area contributed by atoms with E-state index in [9.17, 15) is 0 Å². The fraction of sp³-hybridized carbons (Fsp3) is 0.250. The number of hydrogen-bond donors (Lipinski definition) is 0. The number of hydrogen-bond acceptors (Lipinski definition) is 4. The van der Waals surface area contributed by atoms with Crippen molar-refractivity contribution in [1.29, 1.82) is 0 Å². The number of para-hydroxylation sites is 1. The number of nitrogens with zero attached hydrogens (tertiary/aromatic N) is 4. The van der Waals surface area contributed by atoms with Crippen molar-refractivity contribution in [2.45, 2.75) is 13.8 Å². The standard InChI is InChI=1S/C12H13ClN4/c1-3-17(10-7-5-4-6-9(10)2)11-8-14-16-12(13)15-11/h4-8H,3H2,1-2H3. The third kappa shape index (κ3) is 2.53. The van der Waals surface area contributed by atoms with Crippen molar-refractivity contribution in [3.05, 3.63) is 41.3 Å². The lowest BCUT2D eigenvalue weighted by atomic mass is 10.2. The van der Waals surface area contributed by atoms with Crippen LogP contribution in [0.5, 0.6) is 0 Å². The lowest BCUT2D eigenvalue weighted by Crippen LogP contribution is -2.18. The zero-order valence-corrected chi connectivity index (χ0v) is 10.5. The van der Waals surface area contributed by atoms with Gasteiger partial charge in [0.1, 0.15) is 0 Å². The van der Waals surface area contributed by atoms with Crippen molar-refractivity contribution < 1.29 is 0 Å². The predicted octanol–water partition coefficient (Wildman–Crippen LogP) is 2.99. The smallest absolute Gasteiger partial charge is 0.244 e. The van der Waals surface area contributed by atoms with Crippen molar-refractivity contribution in [3.8, 4) is 0 Å². The Labute approximate surface area is 105 Å². The van der Waals surface area contributed by atoms with Crippen LogP contribution in [0.3, 0.4) is 0 Å². The third-order valence-corrected chi connectivity index (χ3v) is 2.68. The quantitative estimate of drug-likeness (QED) is 0.838. The molecule has 2 rings (SSSR count). The van der Waals surface area contributed by atoms with Crippen LogP contribution in [0, 0.1) is 6.92 Å². The van der Waals surface area contributed by atoms with Crippen LogP contribution in [-0.2, 0) is 0 Å². The Morgan fingerprint density at radius 2 is 2.06 bits per heavy atom. The fourth-order valence-electron chi connectivity index (χ4n) is 1.73. The van der Waals surface area contributed by atoms with Gasteiger partial charge in [0.05, 0.1) is 6.20 Å². The zero-order chi connectivity index (χ0) is 12.3. The summed E-state index contributed by atoms with van der Waals surface area (Å²) in [6.07, 6.45) is 1.61. The maximum atomic E-state index is 5.76. The lowest BCUT2D eigenvalue weighted by molar-refractivity contribution is 0.913. The van der Waals surface area contributed by atoms with Crippen LogP contribution < -0.4 is 4.90 Å². The van der Waals surface area contributed by atoms with E-state index < -0.39 is 0 Å². The first-order chi connectivity index (χ1) is 8.22. The van der Waals surface area contributed by atoms with Gasteiger partial charge in [-0.1, -0.05) is 18.2 Å². The van der Waals surface area contributed by atoms with Gasteiger partial charge in [0.2, 0.25) is 5.28 Å². The van der Waals surface area contributed by atoms with Crippen LogP contribution in [0.15, 0.2) is 30.5 Å². The molecule has 88 valence electrons. The van der Waals surface area contributed by atoms with Crippen LogP contribution in [0.4, 0.5) is 11.5 Å². The van der Waals surface area contributed by atoms with Gasteiger partial charge in [-0.05, 0) is 37.1 Å². The molecular weight excluding hydrogens is 236 g/mol. The second-order valence-corrected chi connectivity index (χ2v) is 3.95. The van der Waals surface area contributed by atoms with Gasteiger partial charge >= 0.3 is 0 Å². The van der Waals surface area contributed by atoms with E-state index in [2.05, 4.69) is 46.1 Å². The second-order valence-electron chi connectivity index (χ2n) is 3.61. The molecule has 0 aliphatic carbocycles. The van der Waals surface area contributed by atoms with Crippen molar-refractivity contribution in [3.63, 3.8) is 0 Å². The molecule has 1 heterocycles. The maximum absolute atomic E-state index is 5.76. The van der Waals surface area contributed by atoms with Gasteiger partial charge in [-0.3, -0.25) is 0 Å². The van der Waals surface area contributed by atoms with Gasteiger partial charge in [0.15, 0.2) is 5.82 Å². The highest BCUT2D eigenvalue weighted by atomic mass is 35.5. The maximum Gasteiger partial charge on any atom is 0.244 e. The Bertz CT molecular complexity index is 515. The van der Waals surface area contributed by atoms with Gasteiger partial charge < -0.3 is 4.90 Å². The van der Waals surface area contributed by atoms with Gasteiger partial charge in [-0.25, -0.2) is 0 Å². The van der Waals surface area contributed by atoms with Crippen molar-refractivity contribution in [1.82, 2.24) is 15.2 Å². The lowest BCUT2D eigenvalue weighted by Gasteiger charge is -2.23. The van der Waals surface area contributed by atoms with E-state index in [1.165, 1.54) is 5.56 Å². The van der Waals surface area contributed by atoms with Gasteiger partial charge in [-0.15, -0.1) is 5.10 Å². The highest BCUT2D eigenvalue weighted by molar-refractivity contribution is 6.28. The monoisotopic (exact) mass is 248 g/mol. The summed E-state index contributed by atoms with van der Waals surface area (Å²) in [4.78, 5) is 6.23. The topological polar surface area (TPSA) is 41.9 Å². The van der Waals surface area contributed by atoms with Crippen molar-refractivity contribution >= 4 is 23.1 Å². The Kier molecular flexibility index (Phi) is 3.54. The molecule has 0 saturated carbocycles. The molecular formula is C12H13ClN4. The summed E-state index contributed by atoms with van der Waals surface area (Å²) in [7, 11) is 0. The predicted molar refractivity (Wildman–Crippen MR) is 68.7 cm³/mol. The minimum atomic E-state index is 0.162. The van der Waals surface area contributed by atoms with E-state index in [4.69, 9.17) is 11.6 Å². The molecule has 1 aromatic heterocycles. The molecule has 17 heavy (non-hydrogen) atoms. The van der Waals surface area contributed by atoms with Gasteiger partial charge in [0, 0.05) is 12.2 Å². The number of benzene rings is 1. The molecule has 0 amide bonds. The molecule has 4 nitrogen and oxygen atoms in total. The van der Waals surface area contributed by atoms with Crippen LogP contribution in [-0.4, -0.2) is 21.7 Å². The Hall–Kier alpha value is -1.68. The van der Waals surface area contributed by atoms with Crippen molar-refractivity contribution in [2.75, 3.05) is 11.4 Å². The second kappa shape index (κ2) is 5.10. The minimum absolute atomic E-state index is 0.162. The molecule has 0 radical (unpaired) electrons. The molecule has 5 heteroatoms. The molecule has 0 atom stereocenters. The normalized spacial score (nSPS) is 10.3. The summed E-state index contributed by atoms with van der Waals surface area (Å²) in [5.74, 6) is 0.710. The van der Waals surface area contributed by atoms with Crippen LogP contribution in [0.2, 0.25) is 5.28 Å². The summed E-state index contributed by atoms with van der Waals surface area (Å²) >= 11 is 5.76. The van der Waals surface area contributed by atoms with Gasteiger partial charge in [-0.2, -0.15) is 10.1 Å². The van der Waals surface area contributed by atoms with E-state index in [-0.39, 0.29) is 5.28 Å². The summed E-state index contributed by atoms with van der Waals surface area (Å²) in [5, 5.41) is 7.63. The summed E-state index contributed by atoms with van der Waals surface area (Å²) < 4.78 is 0. The number of rotatable bonds is 3. The fourth-order valence-corrected chi connectivity index (χ4v) is 1.86.